The molecule has 1 fully saturated rings. The summed E-state index contributed by atoms with van der Waals surface area (Å²) >= 11 is 7.56. The second-order valence-electron chi connectivity index (χ2n) is 6.65. The van der Waals surface area contributed by atoms with Crippen molar-refractivity contribution >= 4 is 28.8 Å². The zero-order chi connectivity index (χ0) is 18.6. The third kappa shape index (κ3) is 3.93. The van der Waals surface area contributed by atoms with Gasteiger partial charge in [0.15, 0.2) is 0 Å². The molecule has 5 heteroatoms. The number of carbonyl (C=O) groups excluding carboxylic acids is 1. The Bertz CT molecular complexity index is 849. The molecule has 3 nitrogen and oxygen atoms in total. The molecule has 3 aromatic rings. The number of amides is 1. The van der Waals surface area contributed by atoms with E-state index in [1.807, 2.05) is 22.4 Å². The van der Waals surface area contributed by atoms with Crippen molar-refractivity contribution in [2.24, 2.45) is 0 Å². The highest BCUT2D eigenvalue weighted by molar-refractivity contribution is 7.12. The van der Waals surface area contributed by atoms with Crippen LogP contribution in [0, 0.1) is 0 Å². The molecule has 2 aromatic carbocycles. The minimum Gasteiger partial charge on any atom is -0.335 e. The summed E-state index contributed by atoms with van der Waals surface area (Å²) in [6, 6.07) is 23.2. The first-order valence-electron chi connectivity index (χ1n) is 9.10. The summed E-state index contributed by atoms with van der Waals surface area (Å²) < 4.78 is 0. The van der Waals surface area contributed by atoms with Gasteiger partial charge < -0.3 is 4.90 Å². The summed E-state index contributed by atoms with van der Waals surface area (Å²) in [5, 5.41) is 2.42. The zero-order valence-electron chi connectivity index (χ0n) is 14.9. The molecule has 27 heavy (non-hydrogen) atoms. The lowest BCUT2D eigenvalue weighted by atomic mass is 9.96. The molecule has 1 amide bonds. The molecule has 2 heterocycles. The maximum atomic E-state index is 12.7. The van der Waals surface area contributed by atoms with Crippen LogP contribution in [0.2, 0.25) is 5.02 Å². The van der Waals surface area contributed by atoms with Crippen LogP contribution < -0.4 is 0 Å². The smallest absolute Gasteiger partial charge is 0.265 e. The van der Waals surface area contributed by atoms with E-state index < -0.39 is 0 Å². The van der Waals surface area contributed by atoms with Gasteiger partial charge in [0.2, 0.25) is 0 Å². The fraction of sp³-hybridized carbons (Fsp3) is 0.227. The third-order valence-electron chi connectivity index (χ3n) is 5.01. The van der Waals surface area contributed by atoms with Crippen LogP contribution in [-0.2, 0) is 0 Å². The Labute approximate surface area is 168 Å². The molecule has 4 rings (SSSR count). The monoisotopic (exact) mass is 396 g/mol. The number of piperazine rings is 1. The van der Waals surface area contributed by atoms with Gasteiger partial charge in [-0.05, 0) is 22.6 Å². The first-order chi connectivity index (χ1) is 13.2. The predicted octanol–water partition coefficient (Wildman–Crippen LogP) is 4.95. The molecule has 0 unspecified atom stereocenters. The van der Waals surface area contributed by atoms with Gasteiger partial charge in [-0.2, -0.15) is 0 Å². The minimum absolute atomic E-state index is 0.0469. The van der Waals surface area contributed by atoms with Crippen LogP contribution in [0.3, 0.4) is 0 Å². The van der Waals surface area contributed by atoms with E-state index in [-0.39, 0.29) is 11.9 Å². The number of thiophene rings is 1. The number of carbonyl (C=O) groups is 1. The second kappa shape index (κ2) is 8.26. The second-order valence-corrected chi connectivity index (χ2v) is 7.97. The number of hydrogen-bond acceptors (Lipinski definition) is 3. The SMILES string of the molecule is O=C(c1sccc1Cl)N1CCN(C(c2ccccc2)c2ccccc2)CC1. The van der Waals surface area contributed by atoms with E-state index >= 15 is 0 Å². The summed E-state index contributed by atoms with van der Waals surface area (Å²) in [7, 11) is 0. The third-order valence-corrected chi connectivity index (χ3v) is 6.34. The molecule has 0 bridgehead atoms. The predicted molar refractivity (Wildman–Crippen MR) is 112 cm³/mol. The van der Waals surface area contributed by atoms with Gasteiger partial charge in [0, 0.05) is 26.2 Å². The van der Waals surface area contributed by atoms with Gasteiger partial charge in [-0.1, -0.05) is 72.3 Å². The molecule has 0 radical (unpaired) electrons. The van der Waals surface area contributed by atoms with E-state index in [2.05, 4.69) is 53.4 Å². The van der Waals surface area contributed by atoms with Crippen LogP contribution in [0.25, 0.3) is 0 Å². The Morgan fingerprint density at radius 3 is 1.89 bits per heavy atom. The minimum atomic E-state index is 0.0469. The summed E-state index contributed by atoms with van der Waals surface area (Å²) in [4.78, 5) is 17.8. The highest BCUT2D eigenvalue weighted by atomic mass is 35.5. The Morgan fingerprint density at radius 1 is 0.852 bits per heavy atom. The Hall–Kier alpha value is -2.14. The molecule has 0 aliphatic carbocycles. The average molecular weight is 397 g/mol. The summed E-state index contributed by atoms with van der Waals surface area (Å²) in [5.74, 6) is 0.0469. The normalized spacial score (nSPS) is 15.3. The Morgan fingerprint density at radius 2 is 1.41 bits per heavy atom. The van der Waals surface area contributed by atoms with Gasteiger partial charge in [-0.3, -0.25) is 9.69 Å². The lowest BCUT2D eigenvalue weighted by Gasteiger charge is -2.39. The van der Waals surface area contributed by atoms with Gasteiger partial charge in [0.25, 0.3) is 5.91 Å². The van der Waals surface area contributed by atoms with Crippen molar-refractivity contribution in [3.63, 3.8) is 0 Å². The molecular weight excluding hydrogens is 376 g/mol. The maximum Gasteiger partial charge on any atom is 0.265 e. The van der Waals surface area contributed by atoms with Crippen LogP contribution in [0.5, 0.6) is 0 Å². The first-order valence-corrected chi connectivity index (χ1v) is 10.4. The van der Waals surface area contributed by atoms with Crippen LogP contribution in [0.1, 0.15) is 26.8 Å². The van der Waals surface area contributed by atoms with Crippen molar-refractivity contribution in [2.45, 2.75) is 6.04 Å². The number of hydrogen-bond donors (Lipinski definition) is 0. The van der Waals surface area contributed by atoms with Gasteiger partial charge in [-0.25, -0.2) is 0 Å². The van der Waals surface area contributed by atoms with Crippen molar-refractivity contribution in [1.82, 2.24) is 9.80 Å². The largest absolute Gasteiger partial charge is 0.335 e. The number of nitrogens with zero attached hydrogens (tertiary/aromatic N) is 2. The summed E-state index contributed by atoms with van der Waals surface area (Å²) in [5.41, 5.74) is 2.56. The zero-order valence-corrected chi connectivity index (χ0v) is 16.5. The Kier molecular flexibility index (Phi) is 5.58. The van der Waals surface area contributed by atoms with Crippen LogP contribution in [0.4, 0.5) is 0 Å². The lowest BCUT2D eigenvalue weighted by molar-refractivity contribution is 0.0602. The van der Waals surface area contributed by atoms with Gasteiger partial charge in [-0.15, -0.1) is 11.3 Å². The van der Waals surface area contributed by atoms with Crippen LogP contribution in [-0.4, -0.2) is 41.9 Å². The fourth-order valence-corrected chi connectivity index (χ4v) is 4.76. The highest BCUT2D eigenvalue weighted by Crippen LogP contribution is 2.30. The number of rotatable bonds is 4. The number of halogens is 1. The van der Waals surface area contributed by atoms with E-state index in [4.69, 9.17) is 11.6 Å². The molecule has 1 aliphatic rings. The topological polar surface area (TPSA) is 23.6 Å². The summed E-state index contributed by atoms with van der Waals surface area (Å²) in [6.07, 6.45) is 0. The molecule has 1 aliphatic heterocycles. The van der Waals surface area contributed by atoms with Crippen LogP contribution in [0.15, 0.2) is 72.1 Å². The molecule has 0 atom stereocenters. The molecule has 0 saturated carbocycles. The van der Waals surface area contributed by atoms with Crippen molar-refractivity contribution in [3.05, 3.63) is 93.1 Å². The van der Waals surface area contributed by atoms with E-state index in [1.54, 1.807) is 6.07 Å². The number of benzene rings is 2. The molecule has 138 valence electrons. The molecular formula is C22H21ClN2OS. The lowest BCUT2D eigenvalue weighted by Crippen LogP contribution is -2.49. The van der Waals surface area contributed by atoms with Crippen molar-refractivity contribution in [1.29, 1.82) is 0 Å². The molecule has 1 aromatic heterocycles. The van der Waals surface area contributed by atoms with E-state index in [0.717, 1.165) is 13.1 Å². The van der Waals surface area contributed by atoms with E-state index in [9.17, 15) is 4.79 Å². The Balaban J connectivity index is 1.52. The summed E-state index contributed by atoms with van der Waals surface area (Å²) in [6.45, 7) is 3.10. The maximum absolute atomic E-state index is 12.7. The fourth-order valence-electron chi connectivity index (χ4n) is 3.66. The van der Waals surface area contributed by atoms with Gasteiger partial charge >= 0.3 is 0 Å². The highest BCUT2D eigenvalue weighted by Gasteiger charge is 2.29. The quantitative estimate of drug-likeness (QED) is 0.623. The van der Waals surface area contributed by atoms with E-state index in [1.165, 1.54) is 22.5 Å². The molecule has 1 saturated heterocycles. The van der Waals surface area contributed by atoms with E-state index in [0.29, 0.717) is 23.0 Å². The van der Waals surface area contributed by atoms with Gasteiger partial charge in [0.05, 0.1) is 11.1 Å². The van der Waals surface area contributed by atoms with Crippen molar-refractivity contribution in [2.75, 3.05) is 26.2 Å². The van der Waals surface area contributed by atoms with Crippen molar-refractivity contribution < 1.29 is 4.79 Å². The van der Waals surface area contributed by atoms with Crippen molar-refractivity contribution in [3.8, 4) is 0 Å². The standard InChI is InChI=1S/C22H21ClN2OS/c23-19-11-16-27-21(19)22(26)25-14-12-24(13-15-25)20(17-7-3-1-4-8-17)18-9-5-2-6-10-18/h1-11,16,20H,12-15H2. The van der Waals surface area contributed by atoms with Crippen LogP contribution >= 0.6 is 22.9 Å². The molecule has 0 N–H and O–H groups in total. The average Bonchev–Trinajstić information content (AvgIpc) is 3.16. The molecule has 0 spiro atoms. The van der Waals surface area contributed by atoms with Gasteiger partial charge in [0.1, 0.15) is 4.88 Å². The first kappa shape index (κ1) is 18.2.